The maximum Gasteiger partial charge on any atom is 0.292 e. The number of benzene rings is 2. The topological polar surface area (TPSA) is 159 Å². The number of nitrogen functional groups attached to an aromatic ring is 1. The number of nitrogens with zero attached hydrogens (tertiary/aromatic N) is 7. The molecule has 0 radical (unpaired) electrons. The number of nitrogens with two attached hydrogens (primary N) is 1. The first-order chi connectivity index (χ1) is 19.9. The minimum absolute atomic E-state index is 0.0249. The summed E-state index contributed by atoms with van der Waals surface area (Å²) in [6.45, 7) is 4.87. The van der Waals surface area contributed by atoms with E-state index in [1.54, 1.807) is 12.1 Å². The third-order valence-corrected chi connectivity index (χ3v) is 7.13. The summed E-state index contributed by atoms with van der Waals surface area (Å²) in [7, 11) is 0. The summed E-state index contributed by atoms with van der Waals surface area (Å²) in [6.07, 6.45) is 3.65. The molecule has 0 unspecified atom stereocenters. The average Bonchev–Trinajstić information content (AvgIpc) is 3.71. The Balaban J connectivity index is 1.35. The highest BCUT2D eigenvalue weighted by Gasteiger charge is 2.27. The van der Waals surface area contributed by atoms with Crippen LogP contribution in [0.3, 0.4) is 0 Å². The van der Waals surface area contributed by atoms with Gasteiger partial charge in [-0.05, 0) is 82.9 Å². The van der Waals surface area contributed by atoms with Gasteiger partial charge < -0.3 is 15.2 Å². The van der Waals surface area contributed by atoms with Gasteiger partial charge in [0.25, 0.3) is 5.91 Å². The van der Waals surface area contributed by atoms with Crippen molar-refractivity contribution < 1.29 is 18.9 Å². The summed E-state index contributed by atoms with van der Waals surface area (Å²) >= 11 is 9.64. The number of halogens is 2. The summed E-state index contributed by atoms with van der Waals surface area (Å²) < 4.78 is 18.3. The molecule has 0 aliphatic carbocycles. The highest BCUT2D eigenvalue weighted by Crippen LogP contribution is 2.32. The fraction of sp³-hybridized carbons (Fsp3) is 0.308. The highest BCUT2D eigenvalue weighted by atomic mass is 79.9. The molecule has 2 aromatic carbocycles. The smallest absolute Gasteiger partial charge is 0.292 e. The lowest BCUT2D eigenvalue weighted by atomic mass is 10.2. The predicted octanol–water partition coefficient (Wildman–Crippen LogP) is 3.99. The van der Waals surface area contributed by atoms with Crippen LogP contribution in [0.25, 0.3) is 5.82 Å². The number of likely N-dealkylation sites (tertiary alicyclic amines) is 1. The summed E-state index contributed by atoms with van der Waals surface area (Å²) in [6, 6.07) is 11.0. The van der Waals surface area contributed by atoms with Crippen molar-refractivity contribution in [2.45, 2.75) is 32.9 Å². The fourth-order valence-electron chi connectivity index (χ4n) is 4.34. The lowest BCUT2D eigenvalue weighted by Gasteiger charge is -2.14. The molecule has 1 fully saturated rings. The number of anilines is 1. The Morgan fingerprint density at radius 2 is 2.07 bits per heavy atom. The monoisotopic (exact) mass is 643 g/mol. The number of hydrogen-bond donors (Lipinski definition) is 2. The van der Waals surface area contributed by atoms with Crippen LogP contribution in [-0.4, -0.2) is 62.0 Å². The van der Waals surface area contributed by atoms with Gasteiger partial charge in [-0.25, -0.2) is 10.1 Å². The van der Waals surface area contributed by atoms with Crippen molar-refractivity contribution >= 4 is 45.5 Å². The van der Waals surface area contributed by atoms with Crippen LogP contribution in [0.5, 0.6) is 11.5 Å². The first-order valence-electron chi connectivity index (χ1n) is 12.8. The quantitative estimate of drug-likeness (QED) is 0.181. The number of ether oxygens (including phenoxy) is 2. The molecule has 3 heterocycles. The van der Waals surface area contributed by atoms with E-state index < -0.39 is 5.91 Å². The molecule has 3 N–H and O–H groups in total. The second kappa shape index (κ2) is 13.1. The molecule has 1 aliphatic heterocycles. The van der Waals surface area contributed by atoms with Crippen LogP contribution in [0.4, 0.5) is 5.82 Å². The SMILES string of the molecule is CCOc1cc(OCc2cccc(Cl)c2)cc(Br)c1/C=N/NC(=O)c1c(CN2CCCC2)nnn1-c1nonc1N. The lowest BCUT2D eigenvalue weighted by Crippen LogP contribution is -2.26. The summed E-state index contributed by atoms with van der Waals surface area (Å²) in [4.78, 5) is 15.6. The number of aromatic nitrogens is 5. The van der Waals surface area contributed by atoms with Crippen LogP contribution < -0.4 is 20.6 Å². The molecule has 15 heteroatoms. The summed E-state index contributed by atoms with van der Waals surface area (Å²) in [5.41, 5.74) is 10.5. The number of amides is 1. The first kappa shape index (κ1) is 28.5. The van der Waals surface area contributed by atoms with Gasteiger partial charge in [-0.1, -0.05) is 28.9 Å². The molecule has 2 aromatic heterocycles. The molecular weight excluding hydrogens is 618 g/mol. The van der Waals surface area contributed by atoms with Crippen molar-refractivity contribution in [2.24, 2.45) is 5.10 Å². The zero-order chi connectivity index (χ0) is 28.8. The first-order valence-corrected chi connectivity index (χ1v) is 14.0. The molecule has 41 heavy (non-hydrogen) atoms. The molecule has 0 saturated carbocycles. The van der Waals surface area contributed by atoms with Crippen molar-refractivity contribution in [2.75, 3.05) is 25.4 Å². The minimum atomic E-state index is -0.557. The Morgan fingerprint density at radius 1 is 1.24 bits per heavy atom. The Hall–Kier alpha value is -4.01. The Kier molecular flexibility index (Phi) is 9.11. The van der Waals surface area contributed by atoms with Gasteiger partial charge in [0.2, 0.25) is 11.6 Å². The van der Waals surface area contributed by atoms with Crippen LogP contribution in [0, 0.1) is 0 Å². The van der Waals surface area contributed by atoms with Crippen LogP contribution in [-0.2, 0) is 13.2 Å². The van der Waals surface area contributed by atoms with E-state index >= 15 is 0 Å². The van der Waals surface area contributed by atoms with E-state index in [2.05, 4.69) is 52.0 Å². The van der Waals surface area contributed by atoms with Gasteiger partial charge in [-0.3, -0.25) is 9.69 Å². The second-order valence-electron chi connectivity index (χ2n) is 9.12. The third-order valence-electron chi connectivity index (χ3n) is 6.24. The Labute approximate surface area is 248 Å². The normalized spacial score (nSPS) is 13.6. The number of carbonyl (C=O) groups is 1. The number of hydrazone groups is 1. The third kappa shape index (κ3) is 6.84. The molecular formula is C26H27BrClN9O4. The van der Waals surface area contributed by atoms with E-state index in [-0.39, 0.29) is 17.3 Å². The zero-order valence-electron chi connectivity index (χ0n) is 22.1. The molecule has 1 amide bonds. The standard InChI is InChI=1S/C26H27BrClN9O4/c1-2-39-22-12-18(40-15-16-6-5-7-17(28)10-16)11-20(27)19(22)13-30-32-26(38)23-21(14-36-8-3-4-9-36)31-35-37(23)25-24(29)33-41-34-25/h5-7,10-13H,2-4,8-9,14-15H2,1H3,(H2,29,33)(H,32,38)/b30-13+. The molecule has 0 bridgehead atoms. The molecule has 0 spiro atoms. The van der Waals surface area contributed by atoms with Crippen LogP contribution in [0.15, 0.2) is 50.6 Å². The van der Waals surface area contributed by atoms with Crippen LogP contribution in [0.2, 0.25) is 5.02 Å². The molecule has 1 aliphatic rings. The maximum atomic E-state index is 13.4. The van der Waals surface area contributed by atoms with E-state index in [1.165, 1.54) is 10.9 Å². The fourth-order valence-corrected chi connectivity index (χ4v) is 5.08. The molecule has 13 nitrogen and oxygen atoms in total. The van der Waals surface area contributed by atoms with Crippen molar-refractivity contribution in [1.82, 2.24) is 35.6 Å². The van der Waals surface area contributed by atoms with Crippen molar-refractivity contribution in [1.29, 1.82) is 0 Å². The number of nitrogens with one attached hydrogen (secondary N) is 1. The average molecular weight is 645 g/mol. The van der Waals surface area contributed by atoms with Gasteiger partial charge in [0.15, 0.2) is 5.69 Å². The van der Waals surface area contributed by atoms with E-state index in [0.29, 0.717) is 52.0 Å². The Bertz CT molecular complexity index is 1550. The van der Waals surface area contributed by atoms with E-state index in [1.807, 2.05) is 31.2 Å². The van der Waals surface area contributed by atoms with Gasteiger partial charge >= 0.3 is 0 Å². The molecule has 5 rings (SSSR count). The van der Waals surface area contributed by atoms with E-state index in [9.17, 15) is 4.79 Å². The highest BCUT2D eigenvalue weighted by molar-refractivity contribution is 9.10. The summed E-state index contributed by atoms with van der Waals surface area (Å²) in [5, 5.41) is 20.5. The zero-order valence-corrected chi connectivity index (χ0v) is 24.4. The lowest BCUT2D eigenvalue weighted by molar-refractivity contribution is 0.0945. The maximum absolute atomic E-state index is 13.4. The van der Waals surface area contributed by atoms with Crippen LogP contribution >= 0.6 is 27.5 Å². The molecule has 1 saturated heterocycles. The second-order valence-corrected chi connectivity index (χ2v) is 10.4. The van der Waals surface area contributed by atoms with E-state index in [4.69, 9.17) is 31.4 Å². The number of hydrogen-bond acceptors (Lipinski definition) is 11. The largest absolute Gasteiger partial charge is 0.493 e. The predicted molar refractivity (Wildman–Crippen MR) is 154 cm³/mol. The van der Waals surface area contributed by atoms with Crippen LogP contribution in [0.1, 0.15) is 47.1 Å². The summed E-state index contributed by atoms with van der Waals surface area (Å²) in [5.74, 6) is 0.584. The molecule has 4 aromatic rings. The van der Waals surface area contributed by atoms with Gasteiger partial charge in [0.05, 0.1) is 18.4 Å². The number of rotatable bonds is 11. The van der Waals surface area contributed by atoms with E-state index in [0.717, 1.165) is 31.5 Å². The van der Waals surface area contributed by atoms with Gasteiger partial charge in [0.1, 0.15) is 23.8 Å². The van der Waals surface area contributed by atoms with Crippen molar-refractivity contribution in [3.63, 3.8) is 0 Å². The van der Waals surface area contributed by atoms with Gasteiger partial charge in [-0.2, -0.15) is 9.78 Å². The Morgan fingerprint density at radius 3 is 2.80 bits per heavy atom. The molecule has 0 atom stereocenters. The van der Waals surface area contributed by atoms with Gasteiger partial charge in [-0.15, -0.1) is 5.10 Å². The molecule has 214 valence electrons. The van der Waals surface area contributed by atoms with Crippen molar-refractivity contribution in [3.05, 3.63) is 68.4 Å². The van der Waals surface area contributed by atoms with Crippen molar-refractivity contribution in [3.8, 4) is 17.3 Å². The number of carbonyl (C=O) groups excluding carboxylic acids is 1. The van der Waals surface area contributed by atoms with Gasteiger partial charge in [0, 0.05) is 22.1 Å². The minimum Gasteiger partial charge on any atom is -0.493 e.